The van der Waals surface area contributed by atoms with Crippen molar-refractivity contribution in [3.63, 3.8) is 0 Å². The summed E-state index contributed by atoms with van der Waals surface area (Å²) in [6, 6.07) is 7.23. The van der Waals surface area contributed by atoms with Gasteiger partial charge in [-0.15, -0.1) is 0 Å². The first-order chi connectivity index (χ1) is 8.54. The lowest BCUT2D eigenvalue weighted by molar-refractivity contribution is -0.00479. The Hall–Kier alpha value is -0.710. The van der Waals surface area contributed by atoms with Gasteiger partial charge in [-0.05, 0) is 24.1 Å². The predicted molar refractivity (Wildman–Crippen MR) is 69.1 cm³/mol. The summed E-state index contributed by atoms with van der Waals surface area (Å²) in [6.07, 6.45) is -2.61. The fourth-order valence-electron chi connectivity index (χ4n) is 1.72. The van der Waals surface area contributed by atoms with E-state index < -0.39 is 12.5 Å². The van der Waals surface area contributed by atoms with Crippen LogP contribution >= 0.6 is 11.6 Å². The molecular formula is C13H18ClF2NO. The van der Waals surface area contributed by atoms with Gasteiger partial charge in [-0.2, -0.15) is 0 Å². The SMILES string of the molecule is CCCC(NCC(O)C(F)F)c1ccc(Cl)cc1. The van der Waals surface area contributed by atoms with Gasteiger partial charge < -0.3 is 10.4 Å². The molecule has 5 heteroatoms. The van der Waals surface area contributed by atoms with Crippen LogP contribution in [0.5, 0.6) is 0 Å². The quantitative estimate of drug-likeness (QED) is 0.801. The minimum Gasteiger partial charge on any atom is -0.386 e. The molecule has 2 atom stereocenters. The summed E-state index contributed by atoms with van der Waals surface area (Å²) in [6.45, 7) is 1.90. The molecular weight excluding hydrogens is 260 g/mol. The second-order valence-electron chi connectivity index (χ2n) is 4.20. The van der Waals surface area contributed by atoms with Crippen molar-refractivity contribution in [2.24, 2.45) is 0 Å². The minimum atomic E-state index is -2.72. The molecule has 2 N–H and O–H groups in total. The van der Waals surface area contributed by atoms with Crippen LogP contribution in [0.4, 0.5) is 8.78 Å². The van der Waals surface area contributed by atoms with Crippen molar-refractivity contribution in [3.8, 4) is 0 Å². The highest BCUT2D eigenvalue weighted by atomic mass is 35.5. The standard InChI is InChI=1S/C13H18ClF2NO/c1-2-3-11(17-8-12(18)13(15)16)9-4-6-10(14)7-5-9/h4-7,11-13,17-18H,2-3,8H2,1H3. The van der Waals surface area contributed by atoms with E-state index in [4.69, 9.17) is 16.7 Å². The molecule has 0 amide bonds. The molecule has 2 nitrogen and oxygen atoms in total. The number of alkyl halides is 2. The molecule has 2 unspecified atom stereocenters. The lowest BCUT2D eigenvalue weighted by Gasteiger charge is -2.20. The number of halogens is 3. The van der Waals surface area contributed by atoms with Crippen LogP contribution in [0.1, 0.15) is 31.4 Å². The summed E-state index contributed by atoms with van der Waals surface area (Å²) in [5, 5.41) is 12.7. The van der Waals surface area contributed by atoms with Gasteiger partial charge in [-0.25, -0.2) is 8.78 Å². The third-order valence-electron chi connectivity index (χ3n) is 2.71. The smallest absolute Gasteiger partial charge is 0.265 e. The van der Waals surface area contributed by atoms with Gasteiger partial charge in [0.05, 0.1) is 0 Å². The van der Waals surface area contributed by atoms with Crippen molar-refractivity contribution in [2.75, 3.05) is 6.54 Å². The number of rotatable bonds is 7. The van der Waals surface area contributed by atoms with Crippen LogP contribution in [-0.4, -0.2) is 24.2 Å². The van der Waals surface area contributed by atoms with Crippen LogP contribution in [0.3, 0.4) is 0 Å². The zero-order valence-corrected chi connectivity index (χ0v) is 11.0. The largest absolute Gasteiger partial charge is 0.386 e. The minimum absolute atomic E-state index is 0.0410. The van der Waals surface area contributed by atoms with Gasteiger partial charge >= 0.3 is 0 Å². The van der Waals surface area contributed by atoms with Crippen LogP contribution in [0.2, 0.25) is 5.02 Å². The predicted octanol–water partition coefficient (Wildman–Crippen LogP) is 3.40. The Labute approximate surface area is 111 Å². The molecule has 102 valence electrons. The fraction of sp³-hybridized carbons (Fsp3) is 0.538. The summed E-state index contributed by atoms with van der Waals surface area (Å²) >= 11 is 5.80. The Morgan fingerprint density at radius 2 is 1.89 bits per heavy atom. The molecule has 0 bridgehead atoms. The van der Waals surface area contributed by atoms with Crippen LogP contribution < -0.4 is 5.32 Å². The average molecular weight is 278 g/mol. The monoisotopic (exact) mass is 277 g/mol. The maximum atomic E-state index is 12.2. The molecule has 18 heavy (non-hydrogen) atoms. The van der Waals surface area contributed by atoms with E-state index in [1.807, 2.05) is 19.1 Å². The lowest BCUT2D eigenvalue weighted by atomic mass is 10.0. The van der Waals surface area contributed by atoms with Gasteiger partial charge in [0.25, 0.3) is 6.43 Å². The molecule has 0 aliphatic carbocycles. The van der Waals surface area contributed by atoms with Gasteiger partial charge in [0.15, 0.2) is 0 Å². The zero-order valence-electron chi connectivity index (χ0n) is 10.2. The van der Waals surface area contributed by atoms with Crippen molar-refractivity contribution in [2.45, 2.75) is 38.3 Å². The number of hydrogen-bond donors (Lipinski definition) is 2. The molecule has 1 aromatic carbocycles. The van der Waals surface area contributed by atoms with Crippen LogP contribution in [-0.2, 0) is 0 Å². The second kappa shape index (κ2) is 7.67. The van der Waals surface area contributed by atoms with Crippen LogP contribution in [0.15, 0.2) is 24.3 Å². The first kappa shape index (κ1) is 15.3. The number of benzene rings is 1. The molecule has 0 aliphatic rings. The third kappa shape index (κ3) is 4.88. The van der Waals surface area contributed by atoms with Crippen molar-refractivity contribution < 1.29 is 13.9 Å². The second-order valence-corrected chi connectivity index (χ2v) is 4.64. The molecule has 1 rings (SSSR count). The highest BCUT2D eigenvalue weighted by molar-refractivity contribution is 6.30. The van der Waals surface area contributed by atoms with E-state index in [2.05, 4.69) is 5.32 Å². The highest BCUT2D eigenvalue weighted by Crippen LogP contribution is 2.20. The van der Waals surface area contributed by atoms with Gasteiger partial charge in [0.2, 0.25) is 0 Å². The first-order valence-electron chi connectivity index (χ1n) is 5.99. The number of aliphatic hydroxyl groups is 1. The van der Waals surface area contributed by atoms with E-state index >= 15 is 0 Å². The maximum absolute atomic E-state index is 12.2. The maximum Gasteiger partial charge on any atom is 0.265 e. The number of nitrogens with one attached hydrogen (secondary N) is 1. The fourth-order valence-corrected chi connectivity index (χ4v) is 1.85. The van der Waals surface area contributed by atoms with Crippen molar-refractivity contribution in [1.29, 1.82) is 0 Å². The molecule has 0 saturated carbocycles. The molecule has 0 fully saturated rings. The van der Waals surface area contributed by atoms with Gasteiger partial charge in [0, 0.05) is 17.6 Å². The van der Waals surface area contributed by atoms with Crippen molar-refractivity contribution >= 4 is 11.6 Å². The Morgan fingerprint density at radius 1 is 1.28 bits per heavy atom. The molecule has 1 aromatic rings. The van der Waals surface area contributed by atoms with Gasteiger partial charge in [-0.3, -0.25) is 0 Å². The van der Waals surface area contributed by atoms with E-state index in [9.17, 15) is 8.78 Å². The Kier molecular flexibility index (Phi) is 6.54. The number of aliphatic hydroxyl groups excluding tert-OH is 1. The summed E-state index contributed by atoms with van der Waals surface area (Å²) in [5.74, 6) is 0. The lowest BCUT2D eigenvalue weighted by Crippen LogP contribution is -2.34. The Bertz CT molecular complexity index is 345. The third-order valence-corrected chi connectivity index (χ3v) is 2.97. The van der Waals surface area contributed by atoms with Gasteiger partial charge in [-0.1, -0.05) is 37.1 Å². The summed E-state index contributed by atoms with van der Waals surface area (Å²) in [4.78, 5) is 0. The van der Waals surface area contributed by atoms with E-state index in [1.54, 1.807) is 12.1 Å². The molecule has 0 radical (unpaired) electrons. The van der Waals surface area contributed by atoms with E-state index in [1.165, 1.54) is 0 Å². The zero-order chi connectivity index (χ0) is 13.5. The first-order valence-corrected chi connectivity index (χ1v) is 6.37. The van der Waals surface area contributed by atoms with Crippen molar-refractivity contribution in [3.05, 3.63) is 34.9 Å². The van der Waals surface area contributed by atoms with Gasteiger partial charge in [0.1, 0.15) is 6.10 Å². The topological polar surface area (TPSA) is 32.3 Å². The Morgan fingerprint density at radius 3 is 2.39 bits per heavy atom. The van der Waals surface area contributed by atoms with Crippen molar-refractivity contribution in [1.82, 2.24) is 5.32 Å². The highest BCUT2D eigenvalue weighted by Gasteiger charge is 2.18. The summed E-state index contributed by atoms with van der Waals surface area (Å²) < 4.78 is 24.4. The molecule has 0 aromatic heterocycles. The molecule has 0 heterocycles. The summed E-state index contributed by atoms with van der Waals surface area (Å²) in [7, 11) is 0. The van der Waals surface area contributed by atoms with Crippen LogP contribution in [0, 0.1) is 0 Å². The molecule has 0 spiro atoms. The normalized spacial score (nSPS) is 14.8. The van der Waals surface area contributed by atoms with Crippen LogP contribution in [0.25, 0.3) is 0 Å². The molecule has 0 saturated heterocycles. The Balaban J connectivity index is 2.62. The average Bonchev–Trinajstić information content (AvgIpc) is 2.35. The van der Waals surface area contributed by atoms with E-state index in [0.717, 1.165) is 18.4 Å². The molecule has 0 aliphatic heterocycles. The van der Waals surface area contributed by atoms with E-state index in [0.29, 0.717) is 5.02 Å². The van der Waals surface area contributed by atoms with E-state index in [-0.39, 0.29) is 12.6 Å². The number of hydrogen-bond acceptors (Lipinski definition) is 2. The summed E-state index contributed by atoms with van der Waals surface area (Å²) in [5.41, 5.74) is 0.989.